The lowest BCUT2D eigenvalue weighted by Gasteiger charge is -2.26. The van der Waals surface area contributed by atoms with Crippen LogP contribution in [-0.4, -0.2) is 53.2 Å². The quantitative estimate of drug-likeness (QED) is 0.740. The first kappa shape index (κ1) is 14.7. The topological polar surface area (TPSA) is 69.6 Å². The second-order valence-electron chi connectivity index (χ2n) is 4.37. The Labute approximate surface area is 102 Å². The Morgan fingerprint density at radius 1 is 1.44 bits per heavy atom. The second kappa shape index (κ2) is 5.55. The number of alkyl halides is 3. The van der Waals surface area contributed by atoms with E-state index in [0.29, 0.717) is 12.8 Å². The SMILES string of the molecule is CC(=O)NC(CN(CC(F)(F)F)C1CC1)C(=O)O. The standard InChI is InChI=1S/C10H15F3N2O3/c1-6(16)14-8(9(17)18)4-15(7-2-3-7)5-10(11,12)13/h7-8H,2-5H2,1H3,(H,14,16)(H,17,18). The minimum atomic E-state index is -4.37. The molecule has 1 aliphatic rings. The van der Waals surface area contributed by atoms with Crippen LogP contribution in [0.1, 0.15) is 19.8 Å². The number of hydrogen-bond acceptors (Lipinski definition) is 3. The van der Waals surface area contributed by atoms with Crippen LogP contribution in [0.25, 0.3) is 0 Å². The van der Waals surface area contributed by atoms with E-state index in [1.54, 1.807) is 0 Å². The summed E-state index contributed by atoms with van der Waals surface area (Å²) < 4.78 is 37.0. The smallest absolute Gasteiger partial charge is 0.401 e. The Balaban J connectivity index is 2.62. The monoisotopic (exact) mass is 268 g/mol. The van der Waals surface area contributed by atoms with Crippen molar-refractivity contribution in [2.24, 2.45) is 0 Å². The molecule has 1 rings (SSSR count). The lowest BCUT2D eigenvalue weighted by atomic mass is 10.2. The van der Waals surface area contributed by atoms with Gasteiger partial charge in [0, 0.05) is 19.5 Å². The molecular weight excluding hydrogens is 253 g/mol. The fraction of sp³-hybridized carbons (Fsp3) is 0.800. The Morgan fingerprint density at radius 2 is 2.00 bits per heavy atom. The van der Waals surface area contributed by atoms with Gasteiger partial charge in [-0.1, -0.05) is 0 Å². The van der Waals surface area contributed by atoms with E-state index >= 15 is 0 Å². The average molecular weight is 268 g/mol. The number of carboxylic acid groups (broad SMARTS) is 1. The van der Waals surface area contributed by atoms with Crippen LogP contribution in [0.4, 0.5) is 13.2 Å². The highest BCUT2D eigenvalue weighted by molar-refractivity contribution is 5.82. The molecular formula is C10H15F3N2O3. The molecule has 2 N–H and O–H groups in total. The summed E-state index contributed by atoms with van der Waals surface area (Å²) in [6.45, 7) is -0.360. The molecule has 5 nitrogen and oxygen atoms in total. The first-order valence-electron chi connectivity index (χ1n) is 5.50. The molecule has 1 unspecified atom stereocenters. The summed E-state index contributed by atoms with van der Waals surface area (Å²) in [4.78, 5) is 22.7. The third kappa shape index (κ3) is 5.35. The van der Waals surface area contributed by atoms with Gasteiger partial charge < -0.3 is 10.4 Å². The molecule has 0 bridgehead atoms. The third-order valence-electron chi connectivity index (χ3n) is 2.54. The Bertz CT molecular complexity index is 329. The maximum absolute atomic E-state index is 12.3. The molecule has 0 saturated heterocycles. The second-order valence-corrected chi connectivity index (χ2v) is 4.37. The molecule has 8 heteroatoms. The Kier molecular flexibility index (Phi) is 4.55. The van der Waals surface area contributed by atoms with Gasteiger partial charge in [-0.15, -0.1) is 0 Å². The van der Waals surface area contributed by atoms with Gasteiger partial charge >= 0.3 is 12.1 Å². The van der Waals surface area contributed by atoms with E-state index in [2.05, 4.69) is 5.32 Å². The van der Waals surface area contributed by atoms with Crippen molar-refractivity contribution in [3.63, 3.8) is 0 Å². The normalized spacial score (nSPS) is 17.6. The van der Waals surface area contributed by atoms with Gasteiger partial charge in [-0.3, -0.25) is 9.69 Å². The maximum Gasteiger partial charge on any atom is 0.401 e. The summed E-state index contributed by atoms with van der Waals surface area (Å²) in [6, 6.07) is -1.55. The zero-order valence-electron chi connectivity index (χ0n) is 9.83. The van der Waals surface area contributed by atoms with Gasteiger partial charge in [0.25, 0.3) is 0 Å². The molecule has 0 aromatic heterocycles. The summed E-state index contributed by atoms with van der Waals surface area (Å²) in [5.74, 6) is -1.91. The van der Waals surface area contributed by atoms with E-state index in [0.717, 1.165) is 11.8 Å². The lowest BCUT2D eigenvalue weighted by molar-refractivity contribution is -0.153. The first-order chi connectivity index (χ1) is 8.19. The Hall–Kier alpha value is -1.31. The minimum Gasteiger partial charge on any atom is -0.480 e. The van der Waals surface area contributed by atoms with Gasteiger partial charge in [0.05, 0.1) is 6.54 Å². The summed E-state index contributed by atoms with van der Waals surface area (Å²) >= 11 is 0. The van der Waals surface area contributed by atoms with Gasteiger partial charge in [-0.2, -0.15) is 13.2 Å². The largest absolute Gasteiger partial charge is 0.480 e. The molecule has 0 radical (unpaired) electrons. The van der Waals surface area contributed by atoms with Crippen molar-refractivity contribution in [3.05, 3.63) is 0 Å². The highest BCUT2D eigenvalue weighted by atomic mass is 19.4. The first-order valence-corrected chi connectivity index (χ1v) is 5.50. The molecule has 0 aliphatic heterocycles. The van der Waals surface area contributed by atoms with Gasteiger partial charge in [-0.25, -0.2) is 4.79 Å². The van der Waals surface area contributed by atoms with Crippen molar-refractivity contribution >= 4 is 11.9 Å². The van der Waals surface area contributed by atoms with Gasteiger partial charge in [0.2, 0.25) is 5.91 Å². The van der Waals surface area contributed by atoms with E-state index in [1.807, 2.05) is 0 Å². The number of nitrogens with zero attached hydrogens (tertiary/aromatic N) is 1. The molecule has 0 aromatic rings. The van der Waals surface area contributed by atoms with Crippen LogP contribution >= 0.6 is 0 Å². The predicted molar refractivity (Wildman–Crippen MR) is 55.9 cm³/mol. The molecule has 1 saturated carbocycles. The summed E-state index contributed by atoms with van der Waals surface area (Å²) in [6.07, 6.45) is -3.12. The number of halogens is 3. The lowest BCUT2D eigenvalue weighted by Crippen LogP contribution is -2.50. The van der Waals surface area contributed by atoms with Crippen LogP contribution in [0.2, 0.25) is 0 Å². The zero-order valence-corrected chi connectivity index (χ0v) is 9.83. The molecule has 104 valence electrons. The number of amides is 1. The number of aliphatic carboxylic acids is 1. The van der Waals surface area contributed by atoms with Crippen molar-refractivity contribution < 1.29 is 27.9 Å². The van der Waals surface area contributed by atoms with Crippen LogP contribution in [-0.2, 0) is 9.59 Å². The number of carbonyl (C=O) groups is 2. The fourth-order valence-corrected chi connectivity index (χ4v) is 1.68. The molecule has 18 heavy (non-hydrogen) atoms. The summed E-state index contributed by atoms with van der Waals surface area (Å²) in [7, 11) is 0. The number of rotatable bonds is 6. The average Bonchev–Trinajstić information content (AvgIpc) is 2.95. The van der Waals surface area contributed by atoms with Gasteiger partial charge in [-0.05, 0) is 12.8 Å². The number of hydrogen-bond donors (Lipinski definition) is 2. The van der Waals surface area contributed by atoms with Crippen LogP contribution in [0, 0.1) is 0 Å². The molecule has 0 heterocycles. The van der Waals surface area contributed by atoms with Crippen molar-refractivity contribution in [3.8, 4) is 0 Å². The molecule has 1 amide bonds. The Morgan fingerprint density at radius 3 is 2.33 bits per heavy atom. The number of carboxylic acids is 1. The van der Waals surface area contributed by atoms with E-state index < -0.39 is 30.6 Å². The van der Waals surface area contributed by atoms with Crippen LogP contribution in [0.5, 0.6) is 0 Å². The minimum absolute atomic E-state index is 0.234. The predicted octanol–water partition coefficient (Wildman–Crippen LogP) is 0.602. The molecule has 0 spiro atoms. The van der Waals surface area contributed by atoms with E-state index in [-0.39, 0.29) is 12.6 Å². The van der Waals surface area contributed by atoms with E-state index in [4.69, 9.17) is 5.11 Å². The number of nitrogens with one attached hydrogen (secondary N) is 1. The van der Waals surface area contributed by atoms with Crippen molar-refractivity contribution in [1.82, 2.24) is 10.2 Å². The van der Waals surface area contributed by atoms with Gasteiger partial charge in [0.1, 0.15) is 6.04 Å². The van der Waals surface area contributed by atoms with Crippen molar-refractivity contribution in [1.29, 1.82) is 0 Å². The summed E-state index contributed by atoms with van der Waals surface area (Å²) in [5, 5.41) is 11.0. The zero-order chi connectivity index (χ0) is 13.9. The van der Waals surface area contributed by atoms with Crippen LogP contribution in [0.15, 0.2) is 0 Å². The summed E-state index contributed by atoms with van der Waals surface area (Å²) in [5.41, 5.74) is 0. The van der Waals surface area contributed by atoms with Gasteiger partial charge in [0.15, 0.2) is 0 Å². The molecule has 1 fully saturated rings. The molecule has 0 aromatic carbocycles. The van der Waals surface area contributed by atoms with E-state index in [9.17, 15) is 22.8 Å². The maximum atomic E-state index is 12.3. The van der Waals surface area contributed by atoms with Crippen LogP contribution in [0.3, 0.4) is 0 Å². The highest BCUT2D eigenvalue weighted by Gasteiger charge is 2.39. The fourth-order valence-electron chi connectivity index (χ4n) is 1.68. The van der Waals surface area contributed by atoms with Crippen molar-refractivity contribution in [2.45, 2.75) is 38.0 Å². The molecule has 1 atom stereocenters. The van der Waals surface area contributed by atoms with E-state index in [1.165, 1.54) is 0 Å². The molecule has 1 aliphatic carbocycles. The number of carbonyl (C=O) groups excluding carboxylic acids is 1. The van der Waals surface area contributed by atoms with Crippen LogP contribution < -0.4 is 5.32 Å². The third-order valence-corrected chi connectivity index (χ3v) is 2.54. The highest BCUT2D eigenvalue weighted by Crippen LogP contribution is 2.30. The van der Waals surface area contributed by atoms with Crippen molar-refractivity contribution in [2.75, 3.05) is 13.1 Å².